The molecule has 1 heterocycles. The van der Waals surface area contributed by atoms with E-state index in [0.717, 1.165) is 23.7 Å². The molecule has 0 amide bonds. The number of rotatable bonds is 9. The van der Waals surface area contributed by atoms with E-state index in [1.807, 2.05) is 0 Å². The summed E-state index contributed by atoms with van der Waals surface area (Å²) >= 11 is 0. The second-order valence-electron chi connectivity index (χ2n) is 9.58. The average Bonchev–Trinajstić information content (AvgIpc) is 2.73. The van der Waals surface area contributed by atoms with Gasteiger partial charge in [0.25, 0.3) is 0 Å². The van der Waals surface area contributed by atoms with Crippen molar-refractivity contribution in [2.45, 2.75) is 116 Å². The molecule has 152 valence electrons. The molecule has 1 heteroatoms. The van der Waals surface area contributed by atoms with E-state index in [1.54, 1.807) is 0 Å². The molecule has 0 atom stereocenters. The van der Waals surface area contributed by atoms with Crippen LogP contribution in [-0.4, -0.2) is 4.98 Å². The lowest BCUT2D eigenvalue weighted by Crippen LogP contribution is -2.25. The van der Waals surface area contributed by atoms with Crippen molar-refractivity contribution in [1.82, 2.24) is 4.98 Å². The molecule has 0 unspecified atom stereocenters. The third-order valence-corrected chi connectivity index (χ3v) is 7.61. The highest BCUT2D eigenvalue weighted by atomic mass is 14.7. The van der Waals surface area contributed by atoms with Crippen molar-refractivity contribution in [2.24, 2.45) is 17.8 Å². The van der Waals surface area contributed by atoms with Crippen LogP contribution >= 0.6 is 0 Å². The van der Waals surface area contributed by atoms with Gasteiger partial charge in [-0.25, -0.2) is 0 Å². The van der Waals surface area contributed by atoms with Crippen molar-refractivity contribution >= 4 is 0 Å². The summed E-state index contributed by atoms with van der Waals surface area (Å²) in [5, 5.41) is 0. The van der Waals surface area contributed by atoms with Crippen molar-refractivity contribution in [3.63, 3.8) is 0 Å². The molecule has 1 nitrogen and oxygen atoms in total. The molecule has 2 aliphatic carbocycles. The Labute approximate surface area is 168 Å². The third-order valence-electron chi connectivity index (χ3n) is 7.61. The minimum atomic E-state index is 0.729. The maximum absolute atomic E-state index is 4.87. The van der Waals surface area contributed by atoms with Gasteiger partial charge < -0.3 is 0 Å². The Morgan fingerprint density at radius 3 is 2.07 bits per heavy atom. The van der Waals surface area contributed by atoms with Crippen LogP contribution in [0.15, 0.2) is 18.3 Å². The summed E-state index contributed by atoms with van der Waals surface area (Å²) in [4.78, 5) is 4.87. The van der Waals surface area contributed by atoms with Gasteiger partial charge in [-0.15, -0.1) is 0 Å². The molecule has 3 rings (SSSR count). The Bertz CT molecular complexity index is 504. The first-order valence-electron chi connectivity index (χ1n) is 12.2. The van der Waals surface area contributed by atoms with Crippen LogP contribution in [0.4, 0.5) is 0 Å². The summed E-state index contributed by atoms with van der Waals surface area (Å²) in [5.41, 5.74) is 2.81. The molecule has 2 saturated carbocycles. The molecule has 0 radical (unpaired) electrons. The van der Waals surface area contributed by atoms with Crippen molar-refractivity contribution in [2.75, 3.05) is 0 Å². The fourth-order valence-corrected chi connectivity index (χ4v) is 5.82. The van der Waals surface area contributed by atoms with Gasteiger partial charge in [-0.2, -0.15) is 0 Å². The number of aromatic nitrogens is 1. The lowest BCUT2D eigenvalue weighted by atomic mass is 9.68. The van der Waals surface area contributed by atoms with E-state index < -0.39 is 0 Å². The summed E-state index contributed by atoms with van der Waals surface area (Å²) in [6.45, 7) is 4.63. The van der Waals surface area contributed by atoms with Crippen molar-refractivity contribution in [3.8, 4) is 0 Å². The van der Waals surface area contributed by atoms with E-state index in [1.165, 1.54) is 108 Å². The maximum atomic E-state index is 4.87. The van der Waals surface area contributed by atoms with Crippen molar-refractivity contribution in [1.29, 1.82) is 0 Å². The summed E-state index contributed by atoms with van der Waals surface area (Å²) in [6.07, 6.45) is 23.3. The fraction of sp³-hybridized carbons (Fsp3) is 0.808. The minimum absolute atomic E-state index is 0.729. The average molecular weight is 370 g/mol. The van der Waals surface area contributed by atoms with Gasteiger partial charge in [-0.3, -0.25) is 4.98 Å². The van der Waals surface area contributed by atoms with Gasteiger partial charge >= 0.3 is 0 Å². The van der Waals surface area contributed by atoms with Crippen LogP contribution in [0.3, 0.4) is 0 Å². The summed E-state index contributed by atoms with van der Waals surface area (Å²) < 4.78 is 0. The first-order valence-corrected chi connectivity index (χ1v) is 12.2. The van der Waals surface area contributed by atoms with Crippen LogP contribution in [0.1, 0.15) is 121 Å². The molecule has 0 spiro atoms. The number of hydrogen-bond donors (Lipinski definition) is 0. The standard InChI is InChI=1S/C26H43N/c1-3-5-6-7-9-22-12-19-26(27-20-22)25-17-15-24(16-18-25)23-13-10-21(8-4-2)11-14-23/h12,19-21,23-25H,3-11,13-18H2,1-2H3. The van der Waals surface area contributed by atoms with Crippen LogP contribution in [0.25, 0.3) is 0 Å². The molecule has 1 aromatic rings. The predicted molar refractivity (Wildman–Crippen MR) is 117 cm³/mol. The highest BCUT2D eigenvalue weighted by molar-refractivity contribution is 5.17. The highest BCUT2D eigenvalue weighted by Gasteiger charge is 2.31. The van der Waals surface area contributed by atoms with Gasteiger partial charge in [0, 0.05) is 17.8 Å². The monoisotopic (exact) mass is 369 g/mol. The Morgan fingerprint density at radius 1 is 0.778 bits per heavy atom. The minimum Gasteiger partial charge on any atom is -0.261 e. The summed E-state index contributed by atoms with van der Waals surface area (Å²) in [5.74, 6) is 3.83. The maximum Gasteiger partial charge on any atom is 0.0434 e. The SMILES string of the molecule is CCCCCCc1ccc(C2CCC(C3CCC(CCC)CC3)CC2)nc1. The molecule has 2 fully saturated rings. The van der Waals surface area contributed by atoms with Gasteiger partial charge in [-0.05, 0) is 80.8 Å². The van der Waals surface area contributed by atoms with Crippen LogP contribution in [-0.2, 0) is 6.42 Å². The molecular formula is C26H43N. The molecule has 2 aliphatic rings. The first-order chi connectivity index (χ1) is 13.3. The number of hydrogen-bond acceptors (Lipinski definition) is 1. The topological polar surface area (TPSA) is 12.9 Å². The first kappa shape index (κ1) is 20.9. The Morgan fingerprint density at radius 2 is 1.48 bits per heavy atom. The van der Waals surface area contributed by atoms with Crippen LogP contribution < -0.4 is 0 Å². The Hall–Kier alpha value is -0.850. The van der Waals surface area contributed by atoms with E-state index in [2.05, 4.69) is 32.2 Å². The zero-order valence-corrected chi connectivity index (χ0v) is 18.1. The van der Waals surface area contributed by atoms with Crippen molar-refractivity contribution < 1.29 is 0 Å². The molecule has 0 bridgehead atoms. The van der Waals surface area contributed by atoms with E-state index in [0.29, 0.717) is 0 Å². The quantitative estimate of drug-likeness (QED) is 0.401. The molecule has 1 aromatic heterocycles. The molecule has 27 heavy (non-hydrogen) atoms. The van der Waals surface area contributed by atoms with Gasteiger partial charge in [0.1, 0.15) is 0 Å². The molecule has 0 aromatic carbocycles. The van der Waals surface area contributed by atoms with E-state index in [-0.39, 0.29) is 0 Å². The third kappa shape index (κ3) is 6.33. The molecular weight excluding hydrogens is 326 g/mol. The zero-order valence-electron chi connectivity index (χ0n) is 18.1. The van der Waals surface area contributed by atoms with Gasteiger partial charge in [-0.1, -0.05) is 64.9 Å². The largest absolute Gasteiger partial charge is 0.261 e. The lowest BCUT2D eigenvalue weighted by Gasteiger charge is -2.37. The highest BCUT2D eigenvalue weighted by Crippen LogP contribution is 2.44. The summed E-state index contributed by atoms with van der Waals surface area (Å²) in [6, 6.07) is 4.70. The normalized spacial score (nSPS) is 29.0. The van der Waals surface area contributed by atoms with Crippen LogP contribution in [0, 0.1) is 17.8 Å². The van der Waals surface area contributed by atoms with Crippen LogP contribution in [0.5, 0.6) is 0 Å². The Kier molecular flexibility index (Phi) is 8.68. The van der Waals surface area contributed by atoms with Gasteiger partial charge in [0.15, 0.2) is 0 Å². The smallest absolute Gasteiger partial charge is 0.0434 e. The number of pyridine rings is 1. The summed E-state index contributed by atoms with van der Waals surface area (Å²) in [7, 11) is 0. The second kappa shape index (κ2) is 11.2. The van der Waals surface area contributed by atoms with E-state index >= 15 is 0 Å². The van der Waals surface area contributed by atoms with E-state index in [4.69, 9.17) is 4.98 Å². The van der Waals surface area contributed by atoms with Crippen LogP contribution in [0.2, 0.25) is 0 Å². The number of aryl methyl sites for hydroxylation is 1. The molecule has 0 saturated heterocycles. The number of nitrogens with zero attached hydrogens (tertiary/aromatic N) is 1. The second-order valence-corrected chi connectivity index (χ2v) is 9.58. The predicted octanol–water partition coefficient (Wildman–Crippen LogP) is 8.08. The molecule has 0 N–H and O–H groups in total. The molecule has 0 aliphatic heterocycles. The Balaban J connectivity index is 1.40. The van der Waals surface area contributed by atoms with Crippen molar-refractivity contribution in [3.05, 3.63) is 29.6 Å². The fourth-order valence-electron chi connectivity index (χ4n) is 5.82. The van der Waals surface area contributed by atoms with Gasteiger partial charge in [0.2, 0.25) is 0 Å². The van der Waals surface area contributed by atoms with E-state index in [9.17, 15) is 0 Å². The zero-order chi connectivity index (χ0) is 18.9. The van der Waals surface area contributed by atoms with Gasteiger partial charge in [0.05, 0.1) is 0 Å². The number of unbranched alkanes of at least 4 members (excludes halogenated alkanes) is 3. The lowest BCUT2D eigenvalue weighted by molar-refractivity contribution is 0.156.